The van der Waals surface area contributed by atoms with Crippen LogP contribution in [0.2, 0.25) is 5.02 Å². The Bertz CT molecular complexity index is 1220. The third-order valence-electron chi connectivity index (χ3n) is 5.14. The van der Waals surface area contributed by atoms with E-state index in [4.69, 9.17) is 16.3 Å². The number of hydrogen-bond donors (Lipinski definition) is 2. The van der Waals surface area contributed by atoms with Crippen LogP contribution in [-0.2, 0) is 29.0 Å². The Morgan fingerprint density at radius 2 is 2.06 bits per heavy atom. The second-order valence-corrected chi connectivity index (χ2v) is 8.76. The zero-order valence-corrected chi connectivity index (χ0v) is 18.4. The average molecular weight is 461 g/mol. The number of methoxy groups -OCH3 is 1. The van der Waals surface area contributed by atoms with Crippen LogP contribution in [0.15, 0.2) is 29.3 Å². The van der Waals surface area contributed by atoms with Crippen molar-refractivity contribution in [1.29, 1.82) is 0 Å². The Morgan fingerprint density at radius 3 is 2.87 bits per heavy atom. The standard InChI is InChI=1S/C21H21ClN4O4S/c1-30-15-7-6-12(22)8-14(15)25-17(27)9-23-18(28)10-26-11-24-20-19(21(26)29)13-4-2-3-5-16(13)31-20/h6-8,11H,2-5,9-10H2,1H3,(H,23,28)(H,25,27). The van der Waals surface area contributed by atoms with Crippen LogP contribution in [0.5, 0.6) is 5.75 Å². The molecular weight excluding hydrogens is 440 g/mol. The lowest BCUT2D eigenvalue weighted by atomic mass is 9.97. The highest BCUT2D eigenvalue weighted by atomic mass is 35.5. The Balaban J connectivity index is 1.41. The van der Waals surface area contributed by atoms with Crippen LogP contribution in [0.25, 0.3) is 10.2 Å². The molecule has 2 aromatic heterocycles. The molecule has 1 aliphatic rings. The van der Waals surface area contributed by atoms with Gasteiger partial charge in [-0.25, -0.2) is 4.98 Å². The highest BCUT2D eigenvalue weighted by Crippen LogP contribution is 2.33. The minimum atomic E-state index is -0.458. The van der Waals surface area contributed by atoms with Gasteiger partial charge in [0.2, 0.25) is 11.8 Å². The summed E-state index contributed by atoms with van der Waals surface area (Å²) >= 11 is 7.52. The van der Waals surface area contributed by atoms with Gasteiger partial charge in [-0.2, -0.15) is 0 Å². The molecule has 31 heavy (non-hydrogen) atoms. The Kier molecular flexibility index (Phi) is 6.24. The maximum Gasteiger partial charge on any atom is 0.262 e. The SMILES string of the molecule is COc1ccc(Cl)cc1NC(=O)CNC(=O)Cn1cnc2sc3c(c2c1=O)CCCC3. The van der Waals surface area contributed by atoms with Crippen LogP contribution < -0.4 is 20.9 Å². The van der Waals surface area contributed by atoms with Crippen molar-refractivity contribution in [2.45, 2.75) is 32.2 Å². The lowest BCUT2D eigenvalue weighted by Gasteiger charge is -2.12. The molecule has 3 aromatic rings. The Hall–Kier alpha value is -2.91. The van der Waals surface area contributed by atoms with E-state index in [2.05, 4.69) is 15.6 Å². The van der Waals surface area contributed by atoms with E-state index in [9.17, 15) is 14.4 Å². The van der Waals surface area contributed by atoms with Gasteiger partial charge in [0, 0.05) is 9.90 Å². The van der Waals surface area contributed by atoms with Crippen molar-refractivity contribution >= 4 is 50.7 Å². The van der Waals surface area contributed by atoms with Gasteiger partial charge >= 0.3 is 0 Å². The van der Waals surface area contributed by atoms with Crippen molar-refractivity contribution in [2.24, 2.45) is 0 Å². The number of anilines is 1. The van der Waals surface area contributed by atoms with Crippen LogP contribution in [0.4, 0.5) is 5.69 Å². The number of benzene rings is 1. The normalized spacial score (nSPS) is 13.0. The first-order valence-corrected chi connectivity index (χ1v) is 11.1. The second kappa shape index (κ2) is 9.07. The zero-order chi connectivity index (χ0) is 22.0. The molecule has 2 amide bonds. The van der Waals surface area contributed by atoms with E-state index >= 15 is 0 Å². The van der Waals surface area contributed by atoms with Crippen molar-refractivity contribution < 1.29 is 14.3 Å². The van der Waals surface area contributed by atoms with Crippen LogP contribution in [-0.4, -0.2) is 35.0 Å². The molecule has 1 aliphatic carbocycles. The predicted octanol–water partition coefficient (Wildman–Crippen LogP) is 2.75. The van der Waals surface area contributed by atoms with Gasteiger partial charge in [-0.1, -0.05) is 11.6 Å². The van der Waals surface area contributed by atoms with Gasteiger partial charge in [0.15, 0.2) is 0 Å². The predicted molar refractivity (Wildman–Crippen MR) is 120 cm³/mol. The van der Waals surface area contributed by atoms with Gasteiger partial charge in [-0.15, -0.1) is 11.3 Å². The average Bonchev–Trinajstić information content (AvgIpc) is 3.14. The molecule has 1 aromatic carbocycles. The number of nitrogens with zero attached hydrogens (tertiary/aromatic N) is 2. The lowest BCUT2D eigenvalue weighted by Crippen LogP contribution is -2.37. The summed E-state index contributed by atoms with van der Waals surface area (Å²) in [7, 11) is 1.48. The van der Waals surface area contributed by atoms with E-state index < -0.39 is 11.8 Å². The maximum absolute atomic E-state index is 12.9. The molecule has 4 rings (SSSR count). The van der Waals surface area contributed by atoms with Gasteiger partial charge in [0.25, 0.3) is 5.56 Å². The Labute approximate surface area is 187 Å². The summed E-state index contributed by atoms with van der Waals surface area (Å²) in [5.41, 5.74) is 1.27. The smallest absolute Gasteiger partial charge is 0.262 e. The van der Waals surface area contributed by atoms with Gasteiger partial charge in [0.1, 0.15) is 17.1 Å². The maximum atomic E-state index is 12.9. The summed E-state index contributed by atoms with van der Waals surface area (Å²) in [5, 5.41) is 6.24. The molecule has 0 aliphatic heterocycles. The Morgan fingerprint density at radius 1 is 1.26 bits per heavy atom. The molecule has 0 saturated carbocycles. The molecular formula is C21H21ClN4O4S. The first-order valence-electron chi connectivity index (χ1n) is 9.86. The van der Waals surface area contributed by atoms with E-state index in [1.54, 1.807) is 29.5 Å². The minimum absolute atomic E-state index is 0.208. The fraction of sp³-hybridized carbons (Fsp3) is 0.333. The number of ether oxygens (including phenoxy) is 1. The van der Waals surface area contributed by atoms with E-state index in [1.165, 1.54) is 22.9 Å². The molecule has 0 bridgehead atoms. The van der Waals surface area contributed by atoms with Crippen molar-refractivity contribution in [3.63, 3.8) is 0 Å². The summed E-state index contributed by atoms with van der Waals surface area (Å²) in [5.74, 6) is -0.448. The van der Waals surface area contributed by atoms with Crippen molar-refractivity contribution in [3.8, 4) is 5.75 Å². The van der Waals surface area contributed by atoms with E-state index in [-0.39, 0.29) is 18.6 Å². The first-order chi connectivity index (χ1) is 15.0. The number of halogens is 1. The number of aromatic nitrogens is 2. The highest BCUT2D eigenvalue weighted by molar-refractivity contribution is 7.18. The summed E-state index contributed by atoms with van der Waals surface area (Å²) < 4.78 is 6.47. The molecule has 0 spiro atoms. The van der Waals surface area contributed by atoms with Crippen LogP contribution in [0, 0.1) is 0 Å². The number of amides is 2. The number of thiophene rings is 1. The molecule has 162 valence electrons. The minimum Gasteiger partial charge on any atom is -0.495 e. The highest BCUT2D eigenvalue weighted by Gasteiger charge is 2.20. The number of rotatable bonds is 6. The topological polar surface area (TPSA) is 102 Å². The van der Waals surface area contributed by atoms with Crippen molar-refractivity contribution in [2.75, 3.05) is 19.0 Å². The van der Waals surface area contributed by atoms with Crippen LogP contribution in [0.3, 0.4) is 0 Å². The summed E-state index contributed by atoms with van der Waals surface area (Å²) in [4.78, 5) is 43.8. The molecule has 0 saturated heterocycles. The number of nitrogens with one attached hydrogen (secondary N) is 2. The van der Waals surface area contributed by atoms with Crippen molar-refractivity contribution in [1.82, 2.24) is 14.9 Å². The van der Waals surface area contributed by atoms with Gasteiger partial charge < -0.3 is 15.4 Å². The molecule has 2 N–H and O–H groups in total. The summed E-state index contributed by atoms with van der Waals surface area (Å²) in [6.07, 6.45) is 5.42. The number of carbonyl (C=O) groups is 2. The molecule has 0 atom stereocenters. The zero-order valence-electron chi connectivity index (χ0n) is 16.9. The fourth-order valence-electron chi connectivity index (χ4n) is 3.66. The number of fused-ring (bicyclic) bond motifs is 3. The molecule has 8 nitrogen and oxygen atoms in total. The number of hydrogen-bond acceptors (Lipinski definition) is 6. The molecule has 0 unspecified atom stereocenters. The molecule has 10 heteroatoms. The first kappa shape index (κ1) is 21.3. The third-order valence-corrected chi connectivity index (χ3v) is 6.57. The van der Waals surface area contributed by atoms with Crippen LogP contribution >= 0.6 is 22.9 Å². The quantitative estimate of drug-likeness (QED) is 0.588. The largest absolute Gasteiger partial charge is 0.495 e. The summed E-state index contributed by atoms with van der Waals surface area (Å²) in [6.45, 7) is -0.465. The third kappa shape index (κ3) is 4.57. The van der Waals surface area contributed by atoms with Gasteiger partial charge in [-0.3, -0.25) is 19.0 Å². The summed E-state index contributed by atoms with van der Waals surface area (Å²) in [6, 6.07) is 4.84. The lowest BCUT2D eigenvalue weighted by molar-refractivity contribution is -0.124. The second-order valence-electron chi connectivity index (χ2n) is 7.24. The van der Waals surface area contributed by atoms with E-state index in [0.717, 1.165) is 36.1 Å². The van der Waals surface area contributed by atoms with Crippen LogP contribution in [0.1, 0.15) is 23.3 Å². The molecule has 0 fully saturated rings. The van der Waals surface area contributed by atoms with Gasteiger partial charge in [-0.05, 0) is 49.4 Å². The van der Waals surface area contributed by atoms with Gasteiger partial charge in [0.05, 0.1) is 31.1 Å². The monoisotopic (exact) mass is 460 g/mol. The molecule has 0 radical (unpaired) electrons. The van der Waals surface area contributed by atoms with E-state index in [1.807, 2.05) is 0 Å². The number of aryl methyl sites for hydroxylation is 2. The van der Waals surface area contributed by atoms with E-state index in [0.29, 0.717) is 21.8 Å². The number of carbonyl (C=O) groups excluding carboxylic acids is 2. The molecule has 2 heterocycles. The fourth-order valence-corrected chi connectivity index (χ4v) is 5.05. The van der Waals surface area contributed by atoms with Crippen molar-refractivity contribution in [3.05, 3.63) is 50.3 Å².